The van der Waals surface area contributed by atoms with E-state index in [9.17, 15) is 0 Å². The summed E-state index contributed by atoms with van der Waals surface area (Å²) in [5.74, 6) is 1.07. The largest absolute Gasteiger partial charge is 0.368 e. The molecule has 0 amide bonds. The van der Waals surface area contributed by atoms with E-state index in [2.05, 4.69) is 39.0 Å². The molecule has 27 heavy (non-hydrogen) atoms. The number of nitrogen functional groups attached to an aromatic ring is 2. The van der Waals surface area contributed by atoms with E-state index in [0.717, 1.165) is 12.0 Å². The Labute approximate surface area is 156 Å². The zero-order valence-electron chi connectivity index (χ0n) is 15.2. The molecule has 0 aliphatic heterocycles. The smallest absolute Gasteiger partial charge is 0.222 e. The normalized spacial score (nSPS) is 11.2. The molecule has 4 aromatic rings. The van der Waals surface area contributed by atoms with Gasteiger partial charge in [-0.15, -0.1) is 0 Å². The molecule has 4 rings (SSSR count). The van der Waals surface area contributed by atoms with Gasteiger partial charge in [-0.2, -0.15) is 4.98 Å². The van der Waals surface area contributed by atoms with Gasteiger partial charge in [0, 0.05) is 18.3 Å². The molecule has 3 heterocycles. The van der Waals surface area contributed by atoms with Crippen molar-refractivity contribution in [2.75, 3.05) is 11.5 Å². The van der Waals surface area contributed by atoms with E-state index in [0.29, 0.717) is 34.9 Å². The lowest BCUT2D eigenvalue weighted by molar-refractivity contribution is 0.783. The highest BCUT2D eigenvalue weighted by Crippen LogP contribution is 2.30. The Hall–Kier alpha value is -3.55. The summed E-state index contributed by atoms with van der Waals surface area (Å²) >= 11 is 0. The Morgan fingerprint density at radius 1 is 0.963 bits per heavy atom. The first-order valence-corrected chi connectivity index (χ1v) is 8.82. The molecule has 0 radical (unpaired) electrons. The lowest BCUT2D eigenvalue weighted by Crippen LogP contribution is -2.04. The van der Waals surface area contributed by atoms with Gasteiger partial charge >= 0.3 is 0 Å². The molecule has 0 aliphatic carbocycles. The van der Waals surface area contributed by atoms with Gasteiger partial charge in [0.05, 0.1) is 0 Å². The molecule has 0 spiro atoms. The molecular formula is C19H20N8. The minimum atomic E-state index is 0.198. The number of aromatic nitrogens is 6. The van der Waals surface area contributed by atoms with Gasteiger partial charge in [0.25, 0.3) is 0 Å². The van der Waals surface area contributed by atoms with Crippen LogP contribution in [0.2, 0.25) is 0 Å². The van der Waals surface area contributed by atoms with Gasteiger partial charge in [0.2, 0.25) is 11.9 Å². The molecule has 4 N–H and O–H groups in total. The predicted octanol–water partition coefficient (Wildman–Crippen LogP) is 2.70. The van der Waals surface area contributed by atoms with Crippen LogP contribution in [0.1, 0.15) is 19.4 Å². The van der Waals surface area contributed by atoms with E-state index in [4.69, 9.17) is 16.5 Å². The molecule has 136 valence electrons. The number of aryl methyl sites for hydroxylation is 2. The molecule has 1 aromatic carbocycles. The van der Waals surface area contributed by atoms with Crippen molar-refractivity contribution in [2.24, 2.45) is 0 Å². The second-order valence-corrected chi connectivity index (χ2v) is 6.14. The highest BCUT2D eigenvalue weighted by molar-refractivity contribution is 5.90. The number of imidazole rings is 1. The van der Waals surface area contributed by atoms with E-state index in [1.807, 2.05) is 23.6 Å². The minimum absolute atomic E-state index is 0.198. The summed E-state index contributed by atoms with van der Waals surface area (Å²) in [5, 5.41) is 0. The second kappa shape index (κ2) is 6.64. The van der Waals surface area contributed by atoms with Crippen molar-refractivity contribution in [3.05, 3.63) is 42.1 Å². The topological polar surface area (TPSA) is 121 Å². The third kappa shape index (κ3) is 2.95. The van der Waals surface area contributed by atoms with E-state index in [1.54, 1.807) is 12.3 Å². The van der Waals surface area contributed by atoms with Crippen molar-refractivity contribution >= 4 is 23.1 Å². The summed E-state index contributed by atoms with van der Waals surface area (Å²) in [4.78, 5) is 22.0. The van der Waals surface area contributed by atoms with Crippen LogP contribution in [-0.4, -0.2) is 29.5 Å². The number of benzene rings is 1. The van der Waals surface area contributed by atoms with E-state index in [1.165, 1.54) is 5.56 Å². The van der Waals surface area contributed by atoms with Crippen LogP contribution in [0, 0.1) is 0 Å². The molecule has 0 saturated carbocycles. The third-order valence-corrected chi connectivity index (χ3v) is 4.44. The van der Waals surface area contributed by atoms with Crippen molar-refractivity contribution in [1.29, 1.82) is 0 Å². The Balaban J connectivity index is 2.01. The SMILES string of the molecule is CCc1cccc(-c2nc(N)nc3c2nc(-c2ccnc(N)n2)n3CC)c1. The van der Waals surface area contributed by atoms with E-state index in [-0.39, 0.29) is 11.9 Å². The van der Waals surface area contributed by atoms with Crippen LogP contribution < -0.4 is 11.5 Å². The van der Waals surface area contributed by atoms with Crippen LogP contribution in [0.3, 0.4) is 0 Å². The molecule has 0 aliphatic rings. The zero-order valence-corrected chi connectivity index (χ0v) is 15.2. The van der Waals surface area contributed by atoms with Gasteiger partial charge in [-0.05, 0) is 31.0 Å². The van der Waals surface area contributed by atoms with Crippen molar-refractivity contribution < 1.29 is 0 Å². The molecule has 0 atom stereocenters. The highest BCUT2D eigenvalue weighted by atomic mass is 15.2. The maximum absolute atomic E-state index is 6.02. The number of hydrogen-bond acceptors (Lipinski definition) is 7. The lowest BCUT2D eigenvalue weighted by Gasteiger charge is -2.07. The monoisotopic (exact) mass is 360 g/mol. The predicted molar refractivity (Wildman–Crippen MR) is 106 cm³/mol. The molecule has 8 heteroatoms. The van der Waals surface area contributed by atoms with Crippen LogP contribution >= 0.6 is 0 Å². The quantitative estimate of drug-likeness (QED) is 0.574. The first kappa shape index (κ1) is 16.9. The summed E-state index contributed by atoms with van der Waals surface area (Å²) in [6.45, 7) is 4.79. The van der Waals surface area contributed by atoms with Crippen LogP contribution in [0.4, 0.5) is 11.9 Å². The fourth-order valence-corrected chi connectivity index (χ4v) is 3.15. The molecule has 0 saturated heterocycles. The maximum Gasteiger partial charge on any atom is 0.222 e. The summed E-state index contributed by atoms with van der Waals surface area (Å²) in [5.41, 5.74) is 16.7. The fourth-order valence-electron chi connectivity index (χ4n) is 3.15. The standard InChI is InChI=1S/C19H20N8/c1-3-11-6-5-7-12(10-11)14-15-17(26-19(21)25-14)27(4-2)16(24-15)13-8-9-22-18(20)23-13/h5-10H,3-4H2,1-2H3,(H2,20,22,23)(H2,21,25,26). The molecule has 3 aromatic heterocycles. The number of anilines is 2. The summed E-state index contributed by atoms with van der Waals surface area (Å²) in [6.07, 6.45) is 2.55. The Morgan fingerprint density at radius 3 is 2.56 bits per heavy atom. The number of nitrogens with two attached hydrogens (primary N) is 2. The Kier molecular flexibility index (Phi) is 4.15. The molecule has 0 bridgehead atoms. The Morgan fingerprint density at radius 2 is 1.81 bits per heavy atom. The molecular weight excluding hydrogens is 340 g/mol. The minimum Gasteiger partial charge on any atom is -0.368 e. The summed E-state index contributed by atoms with van der Waals surface area (Å²) in [6, 6.07) is 9.99. The van der Waals surface area contributed by atoms with Crippen molar-refractivity contribution in [3.8, 4) is 22.8 Å². The van der Waals surface area contributed by atoms with Crippen molar-refractivity contribution in [2.45, 2.75) is 26.8 Å². The van der Waals surface area contributed by atoms with Crippen LogP contribution in [0.25, 0.3) is 33.9 Å². The second-order valence-electron chi connectivity index (χ2n) is 6.14. The average molecular weight is 360 g/mol. The maximum atomic E-state index is 6.02. The number of fused-ring (bicyclic) bond motifs is 1. The van der Waals surface area contributed by atoms with Crippen molar-refractivity contribution in [1.82, 2.24) is 29.5 Å². The van der Waals surface area contributed by atoms with E-state index < -0.39 is 0 Å². The summed E-state index contributed by atoms with van der Waals surface area (Å²) in [7, 11) is 0. The Bertz CT molecular complexity index is 1130. The van der Waals surface area contributed by atoms with Gasteiger partial charge in [-0.1, -0.05) is 25.1 Å². The van der Waals surface area contributed by atoms with Gasteiger partial charge in [-0.25, -0.2) is 19.9 Å². The van der Waals surface area contributed by atoms with Gasteiger partial charge < -0.3 is 16.0 Å². The van der Waals surface area contributed by atoms with Gasteiger partial charge in [-0.3, -0.25) is 0 Å². The highest BCUT2D eigenvalue weighted by Gasteiger charge is 2.19. The van der Waals surface area contributed by atoms with E-state index >= 15 is 0 Å². The average Bonchev–Trinajstić information content (AvgIpc) is 3.05. The lowest BCUT2D eigenvalue weighted by atomic mass is 10.1. The fraction of sp³-hybridized carbons (Fsp3) is 0.211. The first-order valence-electron chi connectivity index (χ1n) is 8.82. The number of hydrogen-bond donors (Lipinski definition) is 2. The van der Waals surface area contributed by atoms with Crippen LogP contribution in [0.5, 0.6) is 0 Å². The molecule has 8 nitrogen and oxygen atoms in total. The molecule has 0 fully saturated rings. The zero-order chi connectivity index (χ0) is 19.0. The first-order chi connectivity index (χ1) is 13.1. The third-order valence-electron chi connectivity index (χ3n) is 4.44. The number of rotatable bonds is 4. The van der Waals surface area contributed by atoms with Crippen molar-refractivity contribution in [3.63, 3.8) is 0 Å². The molecule has 0 unspecified atom stereocenters. The van der Waals surface area contributed by atoms with Crippen LogP contribution in [-0.2, 0) is 13.0 Å². The van der Waals surface area contributed by atoms with Gasteiger partial charge in [0.15, 0.2) is 11.5 Å². The number of nitrogens with zero attached hydrogens (tertiary/aromatic N) is 6. The van der Waals surface area contributed by atoms with Gasteiger partial charge in [0.1, 0.15) is 16.9 Å². The van der Waals surface area contributed by atoms with Crippen LogP contribution in [0.15, 0.2) is 36.5 Å². The summed E-state index contributed by atoms with van der Waals surface area (Å²) < 4.78 is 1.96.